The molecule has 7 heteroatoms. The molecule has 0 fully saturated rings. The predicted octanol–water partition coefficient (Wildman–Crippen LogP) is 2.84. The van der Waals surface area contributed by atoms with Crippen LogP contribution in [0.4, 0.5) is 0 Å². The number of aliphatic hydroxyl groups is 1. The molecule has 2 rings (SSSR count). The van der Waals surface area contributed by atoms with E-state index in [0.29, 0.717) is 20.1 Å². The Labute approximate surface area is 110 Å². The molecule has 0 atom stereocenters. The normalized spacial score (nSPS) is 10.7. The Morgan fingerprint density at radius 3 is 3.00 bits per heavy atom. The molecule has 1 aromatic carbocycles. The van der Waals surface area contributed by atoms with Gasteiger partial charge in [-0.25, -0.2) is 0 Å². The van der Waals surface area contributed by atoms with E-state index in [9.17, 15) is 0 Å². The highest BCUT2D eigenvalue weighted by atomic mass is 79.9. The van der Waals surface area contributed by atoms with E-state index in [1.165, 1.54) is 0 Å². The summed E-state index contributed by atoms with van der Waals surface area (Å²) in [5.74, 6) is 0.438. The number of hydrogen-bond acceptors (Lipinski definition) is 3. The number of aromatic nitrogens is 3. The molecule has 84 valence electrons. The summed E-state index contributed by atoms with van der Waals surface area (Å²) >= 11 is 14.5. The second kappa shape index (κ2) is 4.67. The molecule has 1 heterocycles. The van der Waals surface area contributed by atoms with Crippen molar-refractivity contribution in [1.29, 1.82) is 0 Å². The molecule has 0 spiro atoms. The molecule has 0 aliphatic carbocycles. The smallest absolute Gasteiger partial charge is 0.199 e. The largest absolute Gasteiger partial charge is 0.388 e. The van der Waals surface area contributed by atoms with E-state index >= 15 is 0 Å². The molecule has 4 nitrogen and oxygen atoms in total. The Kier molecular flexibility index (Phi) is 3.44. The first-order valence-corrected chi connectivity index (χ1v) is 5.94. The highest BCUT2D eigenvalue weighted by Crippen LogP contribution is 2.29. The number of rotatable bonds is 2. The van der Waals surface area contributed by atoms with E-state index in [1.54, 1.807) is 16.7 Å². The van der Waals surface area contributed by atoms with Crippen molar-refractivity contribution in [2.24, 2.45) is 0 Å². The lowest BCUT2D eigenvalue weighted by molar-refractivity contribution is 0.268. The maximum absolute atomic E-state index is 9.16. The van der Waals surface area contributed by atoms with E-state index in [0.717, 1.165) is 5.69 Å². The molecule has 0 bridgehead atoms. The molecule has 16 heavy (non-hydrogen) atoms. The molecule has 0 amide bonds. The number of hydrogen-bond donors (Lipinski definition) is 2. The van der Waals surface area contributed by atoms with Gasteiger partial charge in [0.2, 0.25) is 0 Å². The SMILES string of the molecule is OCc1n[nH]c(=S)n1-c1cccc(Cl)c1Br. The van der Waals surface area contributed by atoms with E-state index in [4.69, 9.17) is 28.9 Å². The van der Waals surface area contributed by atoms with Crippen molar-refractivity contribution < 1.29 is 5.11 Å². The van der Waals surface area contributed by atoms with E-state index in [2.05, 4.69) is 26.1 Å². The summed E-state index contributed by atoms with van der Waals surface area (Å²) < 4.78 is 2.75. The number of nitrogens with zero attached hydrogens (tertiary/aromatic N) is 2. The zero-order valence-corrected chi connectivity index (χ0v) is 11.1. The molecule has 0 aliphatic heterocycles. The quantitative estimate of drug-likeness (QED) is 0.837. The fourth-order valence-corrected chi connectivity index (χ4v) is 2.21. The highest BCUT2D eigenvalue weighted by Gasteiger charge is 2.11. The summed E-state index contributed by atoms with van der Waals surface area (Å²) in [6.45, 7) is -0.202. The molecule has 0 aliphatic rings. The average Bonchev–Trinajstić information content (AvgIpc) is 2.64. The standard InChI is InChI=1S/C9H7BrClN3OS/c10-8-5(11)2-1-3-6(8)14-7(4-15)12-13-9(14)16/h1-3,15H,4H2,(H,13,16). The van der Waals surface area contributed by atoms with Crippen molar-refractivity contribution >= 4 is 39.7 Å². The van der Waals surface area contributed by atoms with Gasteiger partial charge in [-0.3, -0.25) is 9.67 Å². The topological polar surface area (TPSA) is 53.8 Å². The van der Waals surface area contributed by atoms with Crippen LogP contribution in [-0.4, -0.2) is 19.9 Å². The monoisotopic (exact) mass is 319 g/mol. The first kappa shape index (κ1) is 11.8. The van der Waals surface area contributed by atoms with Gasteiger partial charge in [0.15, 0.2) is 10.6 Å². The average molecular weight is 321 g/mol. The summed E-state index contributed by atoms with van der Waals surface area (Å²) in [6, 6.07) is 5.40. The van der Waals surface area contributed by atoms with Crippen LogP contribution in [0.15, 0.2) is 22.7 Å². The van der Waals surface area contributed by atoms with Gasteiger partial charge in [0.1, 0.15) is 6.61 Å². The van der Waals surface area contributed by atoms with Crippen LogP contribution in [0.3, 0.4) is 0 Å². The van der Waals surface area contributed by atoms with Crippen molar-refractivity contribution in [3.63, 3.8) is 0 Å². The molecule has 2 N–H and O–H groups in total. The summed E-state index contributed by atoms with van der Waals surface area (Å²) in [5.41, 5.74) is 0.746. The minimum atomic E-state index is -0.202. The molecule has 0 radical (unpaired) electrons. The zero-order valence-electron chi connectivity index (χ0n) is 7.94. The lowest BCUT2D eigenvalue weighted by Gasteiger charge is -2.08. The molecular formula is C9H7BrClN3OS. The Bertz CT molecular complexity index is 580. The lowest BCUT2D eigenvalue weighted by atomic mass is 10.3. The second-order valence-corrected chi connectivity index (χ2v) is 4.60. The van der Waals surface area contributed by atoms with E-state index < -0.39 is 0 Å². The summed E-state index contributed by atoms with van der Waals surface area (Å²) in [4.78, 5) is 0. The number of H-pyrrole nitrogens is 1. The maximum atomic E-state index is 9.16. The van der Waals surface area contributed by atoms with Gasteiger partial charge >= 0.3 is 0 Å². The Morgan fingerprint density at radius 2 is 2.31 bits per heavy atom. The third kappa shape index (κ3) is 1.93. The van der Waals surface area contributed by atoms with Gasteiger partial charge in [-0.15, -0.1) is 0 Å². The summed E-state index contributed by atoms with van der Waals surface area (Å²) in [7, 11) is 0. The molecule has 0 saturated heterocycles. The Morgan fingerprint density at radius 1 is 1.56 bits per heavy atom. The lowest BCUT2D eigenvalue weighted by Crippen LogP contribution is -2.02. The molecule has 1 aromatic heterocycles. The number of aliphatic hydroxyl groups excluding tert-OH is 1. The summed E-state index contributed by atoms with van der Waals surface area (Å²) in [5, 5.41) is 16.3. The first-order valence-electron chi connectivity index (χ1n) is 4.36. The Balaban J connectivity index is 2.72. The van der Waals surface area contributed by atoms with Crippen LogP contribution in [0.5, 0.6) is 0 Å². The van der Waals surface area contributed by atoms with Gasteiger partial charge in [-0.05, 0) is 40.3 Å². The fourth-order valence-electron chi connectivity index (χ4n) is 1.35. The predicted molar refractivity (Wildman–Crippen MR) is 67.4 cm³/mol. The van der Waals surface area contributed by atoms with Gasteiger partial charge in [0, 0.05) is 0 Å². The number of aromatic amines is 1. The van der Waals surface area contributed by atoms with Crippen LogP contribution in [0.2, 0.25) is 5.02 Å². The van der Waals surface area contributed by atoms with Crippen LogP contribution in [0, 0.1) is 4.77 Å². The van der Waals surface area contributed by atoms with Crippen molar-refractivity contribution in [2.75, 3.05) is 0 Å². The number of benzene rings is 1. The van der Waals surface area contributed by atoms with Gasteiger partial charge in [0.05, 0.1) is 15.2 Å². The van der Waals surface area contributed by atoms with Crippen LogP contribution in [0.1, 0.15) is 5.82 Å². The van der Waals surface area contributed by atoms with Crippen LogP contribution < -0.4 is 0 Å². The summed E-state index contributed by atoms with van der Waals surface area (Å²) in [6.07, 6.45) is 0. The molecule has 0 unspecified atom stereocenters. The fraction of sp³-hybridized carbons (Fsp3) is 0.111. The van der Waals surface area contributed by atoms with Gasteiger partial charge in [-0.1, -0.05) is 17.7 Å². The van der Waals surface area contributed by atoms with E-state index in [-0.39, 0.29) is 6.61 Å². The minimum absolute atomic E-state index is 0.202. The van der Waals surface area contributed by atoms with Crippen LogP contribution >= 0.6 is 39.7 Å². The number of nitrogens with one attached hydrogen (secondary N) is 1. The van der Waals surface area contributed by atoms with E-state index in [1.807, 2.05) is 6.07 Å². The second-order valence-electron chi connectivity index (χ2n) is 3.01. The Hall–Kier alpha value is -0.690. The molecular weight excluding hydrogens is 314 g/mol. The highest BCUT2D eigenvalue weighted by molar-refractivity contribution is 9.10. The third-order valence-electron chi connectivity index (χ3n) is 2.06. The molecule has 0 saturated carbocycles. The minimum Gasteiger partial charge on any atom is -0.388 e. The van der Waals surface area contributed by atoms with Crippen molar-refractivity contribution in [1.82, 2.24) is 14.8 Å². The van der Waals surface area contributed by atoms with Crippen molar-refractivity contribution in [3.8, 4) is 5.69 Å². The maximum Gasteiger partial charge on any atom is 0.199 e. The molecule has 2 aromatic rings. The van der Waals surface area contributed by atoms with Gasteiger partial charge < -0.3 is 5.11 Å². The third-order valence-corrected chi connectivity index (χ3v) is 3.71. The van der Waals surface area contributed by atoms with Crippen LogP contribution in [0.25, 0.3) is 5.69 Å². The number of halogens is 2. The van der Waals surface area contributed by atoms with Gasteiger partial charge in [-0.2, -0.15) is 5.10 Å². The van der Waals surface area contributed by atoms with Gasteiger partial charge in [0.25, 0.3) is 0 Å². The zero-order chi connectivity index (χ0) is 11.7. The first-order chi connectivity index (χ1) is 7.65. The van der Waals surface area contributed by atoms with Crippen LogP contribution in [-0.2, 0) is 6.61 Å². The van der Waals surface area contributed by atoms with Crippen molar-refractivity contribution in [2.45, 2.75) is 6.61 Å². The van der Waals surface area contributed by atoms with Crippen molar-refractivity contribution in [3.05, 3.63) is 38.3 Å².